The predicted molar refractivity (Wildman–Crippen MR) is 102 cm³/mol. The molecule has 134 valence electrons. The van der Waals surface area contributed by atoms with E-state index in [4.69, 9.17) is 5.73 Å². The van der Waals surface area contributed by atoms with Gasteiger partial charge in [0.25, 0.3) is 5.91 Å². The molecule has 3 N–H and O–H groups in total. The first-order valence-electron chi connectivity index (χ1n) is 8.61. The minimum atomic E-state index is -1.25. The Morgan fingerprint density at radius 2 is 1.85 bits per heavy atom. The molecule has 1 aliphatic rings. The van der Waals surface area contributed by atoms with Gasteiger partial charge in [-0.2, -0.15) is 0 Å². The maximum absolute atomic E-state index is 13.0. The number of hydrogen-bond acceptors (Lipinski definition) is 6. The van der Waals surface area contributed by atoms with Crippen LogP contribution in [0.5, 0.6) is 0 Å². The predicted octanol–water partition coefficient (Wildman–Crippen LogP) is 1.79. The van der Waals surface area contributed by atoms with Gasteiger partial charge in [0.2, 0.25) is 0 Å². The number of nitrogens with one attached hydrogen (secondary N) is 1. The standard InChI is InChI=1S/C20H18N6O/c1-2-17-9-16(6-7-24-17)20(18(27)25-19(21)26-20)15-5-3-4-13(8-15)14-10-22-12-23-11-14/h3-12H,2H2,1H3,(H3,21,25,26,27)/t20-/m0/s1. The van der Waals surface area contributed by atoms with Gasteiger partial charge in [-0.25, -0.2) is 15.0 Å². The van der Waals surface area contributed by atoms with E-state index in [1.54, 1.807) is 24.7 Å². The van der Waals surface area contributed by atoms with E-state index in [9.17, 15) is 4.79 Å². The van der Waals surface area contributed by atoms with Crippen LogP contribution in [0.1, 0.15) is 23.7 Å². The van der Waals surface area contributed by atoms with Crippen LogP contribution >= 0.6 is 0 Å². The Hall–Kier alpha value is -3.61. The molecule has 0 bridgehead atoms. The molecule has 1 amide bonds. The lowest BCUT2D eigenvalue weighted by molar-refractivity contribution is -0.122. The second kappa shape index (κ2) is 6.60. The summed E-state index contributed by atoms with van der Waals surface area (Å²) in [5.74, 6) is -0.182. The highest BCUT2D eigenvalue weighted by molar-refractivity contribution is 6.09. The smallest absolute Gasteiger partial charge is 0.263 e. The average molecular weight is 358 g/mol. The summed E-state index contributed by atoms with van der Waals surface area (Å²) in [7, 11) is 0. The van der Waals surface area contributed by atoms with E-state index in [1.165, 1.54) is 6.33 Å². The molecular weight excluding hydrogens is 340 g/mol. The van der Waals surface area contributed by atoms with Crippen molar-refractivity contribution in [2.24, 2.45) is 10.7 Å². The molecular formula is C20H18N6O. The fourth-order valence-electron chi connectivity index (χ4n) is 3.29. The Bertz CT molecular complexity index is 1030. The first-order valence-corrected chi connectivity index (χ1v) is 8.61. The summed E-state index contributed by atoms with van der Waals surface area (Å²) >= 11 is 0. The monoisotopic (exact) mass is 358 g/mol. The summed E-state index contributed by atoms with van der Waals surface area (Å²) < 4.78 is 0. The van der Waals surface area contributed by atoms with E-state index in [-0.39, 0.29) is 11.9 Å². The number of aryl methyl sites for hydroxylation is 1. The van der Waals surface area contributed by atoms with Crippen molar-refractivity contribution in [3.63, 3.8) is 0 Å². The van der Waals surface area contributed by atoms with Gasteiger partial charge in [-0.3, -0.25) is 15.1 Å². The molecule has 0 spiro atoms. The molecule has 7 heteroatoms. The second-order valence-electron chi connectivity index (χ2n) is 6.26. The largest absolute Gasteiger partial charge is 0.370 e. The molecule has 0 saturated heterocycles. The fourth-order valence-corrected chi connectivity index (χ4v) is 3.29. The third-order valence-electron chi connectivity index (χ3n) is 4.63. The second-order valence-corrected chi connectivity index (χ2v) is 6.26. The van der Waals surface area contributed by atoms with Crippen molar-refractivity contribution < 1.29 is 4.79 Å². The van der Waals surface area contributed by atoms with Crippen LogP contribution in [0.15, 0.2) is 66.3 Å². The van der Waals surface area contributed by atoms with Gasteiger partial charge in [0.05, 0.1) is 0 Å². The molecule has 7 nitrogen and oxygen atoms in total. The van der Waals surface area contributed by atoms with Crippen molar-refractivity contribution in [1.29, 1.82) is 0 Å². The number of aliphatic imine (C=N–C) groups is 1. The molecule has 0 aliphatic carbocycles. The van der Waals surface area contributed by atoms with Gasteiger partial charge in [0.1, 0.15) is 6.33 Å². The van der Waals surface area contributed by atoms with Crippen LogP contribution < -0.4 is 11.1 Å². The molecule has 2 aromatic heterocycles. The third kappa shape index (κ3) is 2.83. The van der Waals surface area contributed by atoms with Crippen LogP contribution in [0.4, 0.5) is 0 Å². The van der Waals surface area contributed by atoms with Crippen LogP contribution in [0.25, 0.3) is 11.1 Å². The molecule has 0 saturated carbocycles. The van der Waals surface area contributed by atoms with Crippen molar-refractivity contribution in [3.05, 3.63) is 78.1 Å². The van der Waals surface area contributed by atoms with Crippen LogP contribution in [0.3, 0.4) is 0 Å². The molecule has 0 unspecified atom stereocenters. The number of carbonyl (C=O) groups is 1. The Labute approximate surface area is 156 Å². The van der Waals surface area contributed by atoms with E-state index in [1.807, 2.05) is 37.3 Å². The van der Waals surface area contributed by atoms with E-state index < -0.39 is 5.54 Å². The Kier molecular flexibility index (Phi) is 4.12. The lowest BCUT2D eigenvalue weighted by Crippen LogP contribution is -2.39. The first-order chi connectivity index (χ1) is 13.1. The molecule has 3 heterocycles. The van der Waals surface area contributed by atoms with E-state index in [2.05, 4.69) is 25.3 Å². The minimum Gasteiger partial charge on any atom is -0.370 e. The number of nitrogens with zero attached hydrogens (tertiary/aromatic N) is 4. The topological polar surface area (TPSA) is 106 Å². The van der Waals surface area contributed by atoms with Crippen LogP contribution in [-0.2, 0) is 16.8 Å². The number of nitrogens with two attached hydrogens (primary N) is 1. The highest BCUT2D eigenvalue weighted by Gasteiger charge is 2.46. The summed E-state index contributed by atoms with van der Waals surface area (Å²) in [6.07, 6.45) is 7.39. The molecule has 1 aliphatic heterocycles. The van der Waals surface area contributed by atoms with Crippen molar-refractivity contribution >= 4 is 11.9 Å². The van der Waals surface area contributed by atoms with E-state index in [0.29, 0.717) is 0 Å². The number of aromatic nitrogens is 3. The summed E-state index contributed by atoms with van der Waals surface area (Å²) in [5.41, 5.74) is 8.71. The van der Waals surface area contributed by atoms with Crippen molar-refractivity contribution in [1.82, 2.24) is 20.3 Å². The van der Waals surface area contributed by atoms with Crippen molar-refractivity contribution in [2.75, 3.05) is 0 Å². The van der Waals surface area contributed by atoms with E-state index >= 15 is 0 Å². The number of rotatable bonds is 4. The first kappa shape index (κ1) is 16.8. The van der Waals surface area contributed by atoms with Gasteiger partial charge >= 0.3 is 0 Å². The maximum Gasteiger partial charge on any atom is 0.263 e. The van der Waals surface area contributed by atoms with Gasteiger partial charge < -0.3 is 5.73 Å². The van der Waals surface area contributed by atoms with Gasteiger partial charge in [-0.1, -0.05) is 25.1 Å². The molecule has 1 aromatic carbocycles. The molecule has 27 heavy (non-hydrogen) atoms. The van der Waals surface area contributed by atoms with Crippen molar-refractivity contribution in [3.8, 4) is 11.1 Å². The number of guanidine groups is 1. The maximum atomic E-state index is 13.0. The van der Waals surface area contributed by atoms with E-state index in [0.717, 1.165) is 34.4 Å². The highest BCUT2D eigenvalue weighted by atomic mass is 16.2. The summed E-state index contributed by atoms with van der Waals surface area (Å²) in [6.45, 7) is 2.02. The lowest BCUT2D eigenvalue weighted by Gasteiger charge is -2.25. The number of benzene rings is 1. The van der Waals surface area contributed by atoms with Crippen molar-refractivity contribution in [2.45, 2.75) is 18.9 Å². The molecule has 3 aromatic rings. The Morgan fingerprint density at radius 1 is 1.07 bits per heavy atom. The number of amides is 1. The summed E-state index contributed by atoms with van der Waals surface area (Å²) in [4.78, 5) is 30.0. The SMILES string of the molecule is CCc1cc([C@]2(c3cccc(-c4cncnc4)c3)N=C(N)NC2=O)ccn1. The van der Waals surface area contributed by atoms with Gasteiger partial charge in [-0.05, 0) is 41.3 Å². The Morgan fingerprint density at radius 3 is 2.56 bits per heavy atom. The van der Waals surface area contributed by atoms with Crippen LogP contribution in [0.2, 0.25) is 0 Å². The minimum absolute atomic E-state index is 0.100. The average Bonchev–Trinajstić information content (AvgIpc) is 3.03. The molecule has 4 rings (SSSR count). The highest BCUT2D eigenvalue weighted by Crippen LogP contribution is 2.38. The number of hydrogen-bond donors (Lipinski definition) is 2. The van der Waals surface area contributed by atoms with Crippen LogP contribution in [-0.4, -0.2) is 26.8 Å². The number of carbonyl (C=O) groups excluding carboxylic acids is 1. The molecule has 1 atom stereocenters. The lowest BCUT2D eigenvalue weighted by atomic mass is 9.82. The van der Waals surface area contributed by atoms with Crippen LogP contribution in [0, 0.1) is 0 Å². The molecule has 0 fully saturated rings. The van der Waals surface area contributed by atoms with Gasteiger partial charge in [0.15, 0.2) is 11.5 Å². The van der Waals surface area contributed by atoms with Gasteiger partial charge in [0, 0.05) is 29.8 Å². The zero-order chi connectivity index (χ0) is 18.9. The third-order valence-corrected chi connectivity index (χ3v) is 4.63. The normalized spacial score (nSPS) is 18.9. The van der Waals surface area contributed by atoms with Gasteiger partial charge in [-0.15, -0.1) is 0 Å². The fraction of sp³-hybridized carbons (Fsp3) is 0.150. The number of pyridine rings is 1. The zero-order valence-corrected chi connectivity index (χ0v) is 14.8. The Balaban J connectivity index is 1.92. The zero-order valence-electron chi connectivity index (χ0n) is 14.8. The summed E-state index contributed by atoms with van der Waals surface area (Å²) in [6, 6.07) is 11.3. The summed E-state index contributed by atoms with van der Waals surface area (Å²) in [5, 5.41) is 2.65. The quantitative estimate of drug-likeness (QED) is 0.739. The molecule has 0 radical (unpaired) electrons.